The zero-order valence-corrected chi connectivity index (χ0v) is 11.3. The Balaban J connectivity index is 1.93. The molecule has 0 unspecified atom stereocenters. The smallest absolute Gasteiger partial charge is 0.208 e. The van der Waals surface area contributed by atoms with Crippen LogP contribution in [0.25, 0.3) is 12.2 Å². The number of aromatic amines is 1. The average molecular weight is 279 g/mol. The van der Waals surface area contributed by atoms with E-state index in [1.807, 2.05) is 6.08 Å². The summed E-state index contributed by atoms with van der Waals surface area (Å²) in [5, 5.41) is 7.60. The van der Waals surface area contributed by atoms with E-state index >= 15 is 0 Å². The van der Waals surface area contributed by atoms with Gasteiger partial charge in [-0.2, -0.15) is 0 Å². The highest BCUT2D eigenvalue weighted by atomic mass is 32.2. The van der Waals surface area contributed by atoms with Crippen LogP contribution >= 0.6 is 11.8 Å². The van der Waals surface area contributed by atoms with E-state index in [1.165, 1.54) is 23.9 Å². The van der Waals surface area contributed by atoms with Crippen LogP contribution in [0.4, 0.5) is 4.39 Å². The lowest BCUT2D eigenvalue weighted by atomic mass is 10.2. The van der Waals surface area contributed by atoms with Crippen LogP contribution in [0, 0.1) is 5.82 Å². The molecule has 0 aliphatic carbocycles. The first kappa shape index (κ1) is 13.8. The summed E-state index contributed by atoms with van der Waals surface area (Å²) in [7, 11) is 1.66. The molecule has 0 spiro atoms. The Kier molecular flexibility index (Phi) is 5.11. The fourth-order valence-corrected chi connectivity index (χ4v) is 2.07. The van der Waals surface area contributed by atoms with Crippen molar-refractivity contribution in [2.75, 3.05) is 19.5 Å². The molecule has 0 aliphatic heterocycles. The van der Waals surface area contributed by atoms with Gasteiger partial charge in [0.25, 0.3) is 0 Å². The lowest BCUT2D eigenvalue weighted by molar-refractivity contribution is 0.218. The van der Waals surface area contributed by atoms with Crippen molar-refractivity contribution in [2.45, 2.75) is 5.16 Å². The number of benzene rings is 1. The van der Waals surface area contributed by atoms with Gasteiger partial charge in [0, 0.05) is 12.9 Å². The molecular weight excluding hydrogens is 265 g/mol. The maximum Gasteiger partial charge on any atom is 0.208 e. The summed E-state index contributed by atoms with van der Waals surface area (Å²) in [6, 6.07) is 6.26. The first-order valence-electron chi connectivity index (χ1n) is 5.76. The molecule has 4 nitrogen and oxygen atoms in total. The van der Waals surface area contributed by atoms with Crippen molar-refractivity contribution in [1.29, 1.82) is 0 Å². The molecule has 2 rings (SSSR count). The molecule has 2 aromatic rings. The minimum Gasteiger partial charge on any atom is -0.384 e. The quantitative estimate of drug-likeness (QED) is 0.652. The van der Waals surface area contributed by atoms with Gasteiger partial charge in [-0.25, -0.2) is 9.37 Å². The number of ether oxygens (including phenoxy) is 1. The summed E-state index contributed by atoms with van der Waals surface area (Å²) in [6.07, 6.45) is 3.66. The third-order valence-electron chi connectivity index (χ3n) is 2.30. The fraction of sp³-hybridized carbons (Fsp3) is 0.231. The Labute approximate surface area is 115 Å². The third kappa shape index (κ3) is 4.50. The average Bonchev–Trinajstić information content (AvgIpc) is 2.86. The highest BCUT2D eigenvalue weighted by molar-refractivity contribution is 7.99. The predicted molar refractivity (Wildman–Crippen MR) is 74.3 cm³/mol. The van der Waals surface area contributed by atoms with Crippen LogP contribution in [0.3, 0.4) is 0 Å². The predicted octanol–water partition coefficient (Wildman–Crippen LogP) is 2.85. The summed E-state index contributed by atoms with van der Waals surface area (Å²) in [5.41, 5.74) is 0.909. The Hall–Kier alpha value is -1.66. The molecule has 1 N–H and O–H groups in total. The van der Waals surface area contributed by atoms with Gasteiger partial charge in [0.15, 0.2) is 0 Å². The minimum atomic E-state index is -0.242. The van der Waals surface area contributed by atoms with Crippen molar-refractivity contribution in [3.63, 3.8) is 0 Å². The third-order valence-corrected chi connectivity index (χ3v) is 3.12. The summed E-state index contributed by atoms with van der Waals surface area (Å²) in [5.74, 6) is 1.24. The number of H-pyrrole nitrogens is 1. The maximum absolute atomic E-state index is 12.7. The molecule has 0 atom stereocenters. The van der Waals surface area contributed by atoms with Gasteiger partial charge in [-0.15, -0.1) is 5.10 Å². The van der Waals surface area contributed by atoms with Gasteiger partial charge >= 0.3 is 0 Å². The van der Waals surface area contributed by atoms with E-state index < -0.39 is 0 Å². The summed E-state index contributed by atoms with van der Waals surface area (Å²) in [6.45, 7) is 0.667. The highest BCUT2D eigenvalue weighted by Crippen LogP contribution is 2.13. The van der Waals surface area contributed by atoms with Gasteiger partial charge in [0.05, 0.1) is 6.61 Å². The molecule has 1 aromatic heterocycles. The number of thioether (sulfide) groups is 1. The monoisotopic (exact) mass is 279 g/mol. The standard InChI is InChI=1S/C13H14FN3OS/c1-18-8-9-19-13-15-12(16-17-13)7-4-10-2-5-11(14)6-3-10/h2-7H,8-9H2,1H3,(H,15,16,17). The number of hydrogen-bond donors (Lipinski definition) is 1. The Bertz CT molecular complexity index is 539. The number of nitrogens with one attached hydrogen (secondary N) is 1. The van der Waals surface area contributed by atoms with Crippen LogP contribution in [0.15, 0.2) is 29.4 Å². The molecule has 19 heavy (non-hydrogen) atoms. The van der Waals surface area contributed by atoms with E-state index in [-0.39, 0.29) is 5.82 Å². The summed E-state index contributed by atoms with van der Waals surface area (Å²) < 4.78 is 17.7. The molecule has 1 aromatic carbocycles. The van der Waals surface area contributed by atoms with Crippen LogP contribution in [0.1, 0.15) is 11.4 Å². The minimum absolute atomic E-state index is 0.242. The Morgan fingerprint density at radius 3 is 2.84 bits per heavy atom. The first-order valence-corrected chi connectivity index (χ1v) is 6.74. The van der Waals surface area contributed by atoms with Crippen molar-refractivity contribution < 1.29 is 9.13 Å². The van der Waals surface area contributed by atoms with Crippen molar-refractivity contribution >= 4 is 23.9 Å². The van der Waals surface area contributed by atoms with Crippen molar-refractivity contribution in [2.24, 2.45) is 0 Å². The van der Waals surface area contributed by atoms with E-state index in [0.717, 1.165) is 11.3 Å². The van der Waals surface area contributed by atoms with E-state index in [0.29, 0.717) is 17.6 Å². The van der Waals surface area contributed by atoms with Gasteiger partial charge in [0.2, 0.25) is 5.16 Å². The number of nitrogens with zero attached hydrogens (tertiary/aromatic N) is 2. The lowest BCUT2D eigenvalue weighted by Crippen LogP contribution is -1.91. The zero-order valence-electron chi connectivity index (χ0n) is 10.5. The first-order chi connectivity index (χ1) is 9.28. The molecule has 6 heteroatoms. The van der Waals surface area contributed by atoms with Crippen LogP contribution in [0.5, 0.6) is 0 Å². The molecule has 0 bridgehead atoms. The van der Waals surface area contributed by atoms with E-state index in [4.69, 9.17) is 4.74 Å². The van der Waals surface area contributed by atoms with Crippen LogP contribution in [0.2, 0.25) is 0 Å². The maximum atomic E-state index is 12.7. The SMILES string of the molecule is COCCSc1n[nH]c(C=Cc2ccc(F)cc2)n1. The molecule has 1 heterocycles. The van der Waals surface area contributed by atoms with Crippen LogP contribution in [-0.4, -0.2) is 34.7 Å². The molecule has 0 saturated carbocycles. The van der Waals surface area contributed by atoms with Crippen molar-refractivity contribution in [3.8, 4) is 0 Å². The Morgan fingerprint density at radius 2 is 2.11 bits per heavy atom. The zero-order chi connectivity index (χ0) is 13.5. The molecule has 0 aliphatic rings. The number of rotatable bonds is 6. The second kappa shape index (κ2) is 7.06. The second-order valence-electron chi connectivity index (χ2n) is 3.73. The van der Waals surface area contributed by atoms with Gasteiger partial charge < -0.3 is 4.74 Å². The fourth-order valence-electron chi connectivity index (χ4n) is 1.36. The van der Waals surface area contributed by atoms with E-state index in [9.17, 15) is 4.39 Å². The molecular formula is C13H14FN3OS. The largest absolute Gasteiger partial charge is 0.384 e. The topological polar surface area (TPSA) is 50.8 Å². The van der Waals surface area contributed by atoms with E-state index in [1.54, 1.807) is 25.3 Å². The normalized spacial score (nSPS) is 11.3. The molecule has 0 fully saturated rings. The molecule has 0 saturated heterocycles. The Morgan fingerprint density at radius 1 is 1.32 bits per heavy atom. The number of hydrogen-bond acceptors (Lipinski definition) is 4. The number of methoxy groups -OCH3 is 1. The van der Waals surface area contributed by atoms with E-state index in [2.05, 4.69) is 15.2 Å². The summed E-state index contributed by atoms with van der Waals surface area (Å²) >= 11 is 1.53. The number of halogens is 1. The van der Waals surface area contributed by atoms with Crippen molar-refractivity contribution in [1.82, 2.24) is 15.2 Å². The second-order valence-corrected chi connectivity index (χ2v) is 4.79. The van der Waals surface area contributed by atoms with Gasteiger partial charge in [-0.3, -0.25) is 5.10 Å². The van der Waals surface area contributed by atoms with Gasteiger partial charge in [-0.1, -0.05) is 30.0 Å². The molecule has 0 amide bonds. The van der Waals surface area contributed by atoms with Crippen molar-refractivity contribution in [3.05, 3.63) is 41.5 Å². The molecule has 0 radical (unpaired) electrons. The highest BCUT2D eigenvalue weighted by Gasteiger charge is 2.00. The van der Waals surface area contributed by atoms with Gasteiger partial charge in [0.1, 0.15) is 11.6 Å². The number of aromatic nitrogens is 3. The van der Waals surface area contributed by atoms with Crippen LogP contribution < -0.4 is 0 Å². The summed E-state index contributed by atoms with van der Waals surface area (Å²) in [4.78, 5) is 4.29. The lowest BCUT2D eigenvalue weighted by Gasteiger charge is -1.93. The molecule has 100 valence electrons. The van der Waals surface area contributed by atoms with Gasteiger partial charge in [-0.05, 0) is 23.8 Å². The van der Waals surface area contributed by atoms with Crippen LogP contribution in [-0.2, 0) is 4.74 Å².